The third-order valence-corrected chi connectivity index (χ3v) is 1.15. The molecular weight excluding hydrogens is 116 g/mol. The number of aryl methyl sites for hydroxylation is 1. The van der Waals surface area contributed by atoms with Gasteiger partial charge >= 0.3 is 0 Å². The fraction of sp³-hybridized carbons (Fsp3) is 0.143. The molecule has 0 amide bonds. The fourth-order valence-electron chi connectivity index (χ4n) is 0.622. The van der Waals surface area contributed by atoms with E-state index in [9.17, 15) is 10.2 Å². The van der Waals surface area contributed by atoms with Crippen molar-refractivity contribution in [1.29, 1.82) is 0 Å². The molecule has 0 heterocycles. The van der Waals surface area contributed by atoms with Gasteiger partial charge < -0.3 is 10.2 Å². The number of rotatable bonds is 0. The summed E-state index contributed by atoms with van der Waals surface area (Å²) in [4.78, 5) is 0. The van der Waals surface area contributed by atoms with E-state index in [1.807, 2.05) is 0 Å². The van der Waals surface area contributed by atoms with E-state index in [4.69, 9.17) is 0 Å². The molecule has 48 valence electrons. The van der Waals surface area contributed by atoms with Crippen LogP contribution in [0.3, 0.4) is 0 Å². The summed E-state index contributed by atoms with van der Waals surface area (Å²) in [6, 6.07) is 3.90. The van der Waals surface area contributed by atoms with Gasteiger partial charge in [0, 0.05) is 0 Å². The van der Waals surface area contributed by atoms with Crippen molar-refractivity contribution < 1.29 is 10.2 Å². The maximum Gasteiger partial charge on any atom is -0.0404 e. The van der Waals surface area contributed by atoms with E-state index in [1.165, 1.54) is 18.2 Å². The van der Waals surface area contributed by atoms with E-state index >= 15 is 0 Å². The van der Waals surface area contributed by atoms with E-state index in [-0.39, 0.29) is 11.5 Å². The predicted octanol–water partition coefficient (Wildman–Crippen LogP) is 0.142. The molecule has 9 heavy (non-hydrogen) atoms. The molecule has 0 aromatic heterocycles. The summed E-state index contributed by atoms with van der Waals surface area (Å²) < 4.78 is 0. The van der Waals surface area contributed by atoms with Crippen LogP contribution in [0.5, 0.6) is 11.5 Å². The second-order valence-electron chi connectivity index (χ2n) is 1.93. The van der Waals surface area contributed by atoms with Crippen molar-refractivity contribution in [2.24, 2.45) is 0 Å². The Morgan fingerprint density at radius 3 is 2.33 bits per heavy atom. The van der Waals surface area contributed by atoms with Crippen LogP contribution in [0.1, 0.15) is 5.56 Å². The summed E-state index contributed by atoms with van der Waals surface area (Å²) in [7, 11) is 0. The molecule has 0 aliphatic rings. The summed E-state index contributed by atoms with van der Waals surface area (Å²) in [5.74, 6) is -0.179. The molecule has 0 atom stereocenters. The molecular formula is C7H6O2-2. The summed E-state index contributed by atoms with van der Waals surface area (Å²) in [6.45, 7) is 1.63. The van der Waals surface area contributed by atoms with Crippen LogP contribution in [0.4, 0.5) is 0 Å². The first kappa shape index (κ1) is 5.95. The molecule has 0 saturated heterocycles. The third-order valence-electron chi connectivity index (χ3n) is 1.15. The van der Waals surface area contributed by atoms with E-state index in [0.29, 0.717) is 5.56 Å². The molecule has 1 rings (SSSR count). The van der Waals surface area contributed by atoms with Crippen molar-refractivity contribution >= 4 is 0 Å². The summed E-state index contributed by atoms with van der Waals surface area (Å²) >= 11 is 0. The van der Waals surface area contributed by atoms with Gasteiger partial charge in [-0.25, -0.2) is 0 Å². The van der Waals surface area contributed by atoms with E-state index in [0.717, 1.165) is 0 Å². The molecule has 1 aromatic rings. The van der Waals surface area contributed by atoms with Gasteiger partial charge in [0.2, 0.25) is 0 Å². The molecule has 0 fully saturated rings. The maximum absolute atomic E-state index is 10.6. The topological polar surface area (TPSA) is 46.1 Å². The van der Waals surface area contributed by atoms with Crippen molar-refractivity contribution in [1.82, 2.24) is 0 Å². The molecule has 0 aliphatic heterocycles. The number of hydrogen-bond donors (Lipinski definition) is 0. The molecule has 0 saturated carbocycles. The van der Waals surface area contributed by atoms with Crippen molar-refractivity contribution in [2.45, 2.75) is 6.92 Å². The van der Waals surface area contributed by atoms with Gasteiger partial charge in [-0.2, -0.15) is 0 Å². The van der Waals surface area contributed by atoms with Gasteiger partial charge in [0.1, 0.15) is 0 Å². The van der Waals surface area contributed by atoms with E-state index in [1.54, 1.807) is 6.92 Å². The zero-order valence-electron chi connectivity index (χ0n) is 5.05. The van der Waals surface area contributed by atoms with Crippen molar-refractivity contribution in [3.05, 3.63) is 23.8 Å². The Bertz CT molecular complexity index is 218. The first-order valence-corrected chi connectivity index (χ1v) is 2.65. The zero-order chi connectivity index (χ0) is 6.85. The van der Waals surface area contributed by atoms with Gasteiger partial charge in [0.05, 0.1) is 0 Å². The second kappa shape index (κ2) is 1.97. The van der Waals surface area contributed by atoms with Crippen LogP contribution >= 0.6 is 0 Å². The largest absolute Gasteiger partial charge is 0.872 e. The third kappa shape index (κ3) is 1.13. The highest BCUT2D eigenvalue weighted by molar-refractivity contribution is 5.35. The molecule has 0 unspecified atom stereocenters. The van der Waals surface area contributed by atoms with Crippen LogP contribution in [0.2, 0.25) is 0 Å². The SMILES string of the molecule is Cc1cc([O-])ccc1[O-]. The molecule has 0 bridgehead atoms. The maximum atomic E-state index is 10.6. The summed E-state index contributed by atoms with van der Waals surface area (Å²) in [5, 5.41) is 21.1. The highest BCUT2D eigenvalue weighted by atomic mass is 16.3. The zero-order valence-corrected chi connectivity index (χ0v) is 5.05. The quantitative estimate of drug-likeness (QED) is 0.491. The average Bonchev–Trinajstić information content (AvgIpc) is 1.80. The van der Waals surface area contributed by atoms with Crippen molar-refractivity contribution in [3.8, 4) is 11.5 Å². The van der Waals surface area contributed by atoms with Gasteiger partial charge in [-0.15, -0.1) is 11.5 Å². The normalized spacial score (nSPS) is 9.44. The van der Waals surface area contributed by atoms with Crippen LogP contribution in [-0.4, -0.2) is 0 Å². The van der Waals surface area contributed by atoms with Gasteiger partial charge in [0.25, 0.3) is 0 Å². The molecule has 0 aliphatic carbocycles. The minimum Gasteiger partial charge on any atom is -0.872 e. The first-order valence-electron chi connectivity index (χ1n) is 2.65. The van der Waals surface area contributed by atoms with Crippen LogP contribution < -0.4 is 10.2 Å². The van der Waals surface area contributed by atoms with E-state index < -0.39 is 0 Å². The molecule has 0 radical (unpaired) electrons. The fourth-order valence-corrected chi connectivity index (χ4v) is 0.622. The molecule has 2 nitrogen and oxygen atoms in total. The summed E-state index contributed by atoms with van der Waals surface area (Å²) in [5.41, 5.74) is 0.516. The smallest absolute Gasteiger partial charge is 0.0404 e. The first-order chi connectivity index (χ1) is 4.20. The van der Waals surface area contributed by atoms with Gasteiger partial charge in [-0.1, -0.05) is 23.8 Å². The Balaban J connectivity index is 3.17. The number of benzene rings is 1. The average molecular weight is 122 g/mol. The Kier molecular flexibility index (Phi) is 1.30. The van der Waals surface area contributed by atoms with Crippen LogP contribution in [0.25, 0.3) is 0 Å². The highest BCUT2D eigenvalue weighted by Crippen LogP contribution is 2.15. The lowest BCUT2D eigenvalue weighted by atomic mass is 10.2. The van der Waals surface area contributed by atoms with Crippen LogP contribution in [0, 0.1) is 6.92 Å². The Morgan fingerprint density at radius 2 is 1.89 bits per heavy atom. The summed E-state index contributed by atoms with van der Waals surface area (Å²) in [6.07, 6.45) is 0. The van der Waals surface area contributed by atoms with Crippen LogP contribution in [0.15, 0.2) is 18.2 Å². The monoisotopic (exact) mass is 122 g/mol. The molecule has 0 N–H and O–H groups in total. The van der Waals surface area contributed by atoms with Gasteiger partial charge in [-0.3, -0.25) is 0 Å². The van der Waals surface area contributed by atoms with Crippen LogP contribution in [-0.2, 0) is 0 Å². The van der Waals surface area contributed by atoms with Gasteiger partial charge in [-0.05, 0) is 6.92 Å². The van der Waals surface area contributed by atoms with Crippen molar-refractivity contribution in [3.63, 3.8) is 0 Å². The van der Waals surface area contributed by atoms with Gasteiger partial charge in [0.15, 0.2) is 0 Å². The molecule has 1 aromatic carbocycles. The molecule has 0 spiro atoms. The Hall–Kier alpha value is -1.18. The lowest BCUT2D eigenvalue weighted by Crippen LogP contribution is -1.95. The lowest BCUT2D eigenvalue weighted by molar-refractivity contribution is -0.275. The minimum absolute atomic E-state index is 0.0744. The minimum atomic E-state index is -0.105. The van der Waals surface area contributed by atoms with Crippen molar-refractivity contribution in [2.75, 3.05) is 0 Å². The lowest BCUT2D eigenvalue weighted by Gasteiger charge is -2.12. The Morgan fingerprint density at radius 1 is 1.22 bits per heavy atom. The van der Waals surface area contributed by atoms with E-state index in [2.05, 4.69) is 0 Å². The number of hydrogen-bond acceptors (Lipinski definition) is 2. The second-order valence-corrected chi connectivity index (χ2v) is 1.93. The Labute approximate surface area is 53.4 Å². The highest BCUT2D eigenvalue weighted by Gasteiger charge is 1.81. The standard InChI is InChI=1S/C7H8O2/c1-5-4-6(8)2-3-7(5)9/h2-4,8-9H,1H3/p-2. The molecule has 2 heteroatoms. The predicted molar refractivity (Wildman–Crippen MR) is 30.1 cm³/mol.